The number of hydrogen-bond acceptors (Lipinski definition) is 3. The van der Waals surface area contributed by atoms with E-state index in [2.05, 4.69) is 18.7 Å². The van der Waals surface area contributed by atoms with Crippen molar-refractivity contribution in [2.24, 2.45) is 11.7 Å². The van der Waals surface area contributed by atoms with E-state index in [-0.39, 0.29) is 0 Å². The third-order valence-corrected chi connectivity index (χ3v) is 3.59. The summed E-state index contributed by atoms with van der Waals surface area (Å²) >= 11 is 5.18. The predicted molar refractivity (Wildman–Crippen MR) is 90.4 cm³/mol. The Morgan fingerprint density at radius 3 is 2.70 bits per heavy atom. The highest BCUT2D eigenvalue weighted by molar-refractivity contribution is 7.80. The van der Waals surface area contributed by atoms with Gasteiger partial charge in [-0.2, -0.15) is 0 Å². The lowest BCUT2D eigenvalue weighted by molar-refractivity contribution is 0.584. The van der Waals surface area contributed by atoms with E-state index in [9.17, 15) is 0 Å². The summed E-state index contributed by atoms with van der Waals surface area (Å²) in [6, 6.07) is 10.1. The van der Waals surface area contributed by atoms with E-state index in [1.807, 2.05) is 37.4 Å². The number of pyridine rings is 1. The van der Waals surface area contributed by atoms with E-state index in [0.717, 1.165) is 35.2 Å². The van der Waals surface area contributed by atoms with Crippen LogP contribution in [-0.4, -0.2) is 23.6 Å². The quantitative estimate of drug-likeness (QED) is 0.856. The number of aromatic nitrogens is 1. The van der Waals surface area contributed by atoms with E-state index < -0.39 is 0 Å². The molecule has 0 saturated heterocycles. The van der Waals surface area contributed by atoms with E-state index in [1.165, 1.54) is 0 Å². The number of rotatable bonds is 5. The first-order valence-electron chi connectivity index (χ1n) is 6.89. The van der Waals surface area contributed by atoms with Gasteiger partial charge in [0.25, 0.3) is 0 Å². The van der Waals surface area contributed by atoms with E-state index in [0.29, 0.717) is 10.9 Å². The summed E-state index contributed by atoms with van der Waals surface area (Å²) < 4.78 is 0. The molecule has 1 aromatic heterocycles. The highest BCUT2D eigenvalue weighted by Crippen LogP contribution is 2.23. The van der Waals surface area contributed by atoms with Crippen LogP contribution < -0.4 is 10.6 Å². The maximum absolute atomic E-state index is 5.86. The molecule has 0 radical (unpaired) electrons. The van der Waals surface area contributed by atoms with Gasteiger partial charge in [0.2, 0.25) is 0 Å². The highest BCUT2D eigenvalue weighted by Gasteiger charge is 2.13. The van der Waals surface area contributed by atoms with Crippen LogP contribution in [0.4, 0.5) is 5.82 Å². The summed E-state index contributed by atoms with van der Waals surface area (Å²) in [5, 5.41) is 1.07. The van der Waals surface area contributed by atoms with Crippen LogP contribution in [0.1, 0.15) is 25.8 Å². The summed E-state index contributed by atoms with van der Waals surface area (Å²) in [4.78, 5) is 7.27. The molecule has 1 heterocycles. The second-order valence-electron chi connectivity index (χ2n) is 5.52. The zero-order valence-electron chi connectivity index (χ0n) is 12.3. The molecule has 2 aromatic rings. The average molecular weight is 287 g/mol. The van der Waals surface area contributed by atoms with Crippen LogP contribution in [0.5, 0.6) is 0 Å². The van der Waals surface area contributed by atoms with Gasteiger partial charge in [-0.25, -0.2) is 4.98 Å². The van der Waals surface area contributed by atoms with Gasteiger partial charge in [0, 0.05) is 19.0 Å². The topological polar surface area (TPSA) is 42.2 Å². The Labute approximate surface area is 125 Å². The van der Waals surface area contributed by atoms with Crippen molar-refractivity contribution in [3.05, 3.63) is 35.9 Å². The maximum atomic E-state index is 5.86. The van der Waals surface area contributed by atoms with Crippen molar-refractivity contribution in [3.63, 3.8) is 0 Å². The van der Waals surface area contributed by atoms with E-state index >= 15 is 0 Å². The summed E-state index contributed by atoms with van der Waals surface area (Å²) in [5.74, 6) is 1.53. The fourth-order valence-electron chi connectivity index (χ4n) is 2.14. The zero-order chi connectivity index (χ0) is 14.7. The fourth-order valence-corrected chi connectivity index (χ4v) is 2.29. The Hall–Kier alpha value is -1.68. The first kappa shape index (κ1) is 14.7. The van der Waals surface area contributed by atoms with E-state index in [4.69, 9.17) is 22.9 Å². The van der Waals surface area contributed by atoms with Gasteiger partial charge in [-0.15, -0.1) is 0 Å². The van der Waals surface area contributed by atoms with Gasteiger partial charge in [0.1, 0.15) is 10.8 Å². The second kappa shape index (κ2) is 6.18. The van der Waals surface area contributed by atoms with Crippen molar-refractivity contribution in [2.75, 3.05) is 18.5 Å². The molecule has 20 heavy (non-hydrogen) atoms. The number of fused-ring (bicyclic) bond motifs is 1. The molecule has 0 atom stereocenters. The lowest BCUT2D eigenvalue weighted by Gasteiger charge is -2.22. The molecule has 3 nitrogen and oxygen atoms in total. The normalized spacial score (nSPS) is 11.0. The molecule has 0 bridgehead atoms. The smallest absolute Gasteiger partial charge is 0.139 e. The molecular formula is C16H21N3S. The summed E-state index contributed by atoms with van der Waals surface area (Å²) in [6.45, 7) is 5.38. The zero-order valence-corrected chi connectivity index (χ0v) is 13.1. The highest BCUT2D eigenvalue weighted by atomic mass is 32.1. The van der Waals surface area contributed by atoms with Gasteiger partial charge < -0.3 is 10.6 Å². The van der Waals surface area contributed by atoms with Gasteiger partial charge in [-0.05, 0) is 24.5 Å². The summed E-state index contributed by atoms with van der Waals surface area (Å²) in [6.07, 6.45) is 1.11. The summed E-state index contributed by atoms with van der Waals surface area (Å²) in [5.41, 5.74) is 7.69. The number of nitrogens with two attached hydrogens (primary N) is 1. The maximum Gasteiger partial charge on any atom is 0.139 e. The Morgan fingerprint density at radius 1 is 1.35 bits per heavy atom. The third kappa shape index (κ3) is 3.25. The third-order valence-electron chi connectivity index (χ3n) is 3.37. The SMILES string of the molecule is CC(C)CCN(C)c1nc2ccccc2cc1C(N)=S. The lowest BCUT2D eigenvalue weighted by atomic mass is 10.1. The van der Waals surface area contributed by atoms with Gasteiger partial charge in [0.15, 0.2) is 0 Å². The molecule has 0 amide bonds. The molecule has 0 saturated carbocycles. The number of thiocarbonyl (C=S) groups is 1. The van der Waals surface area contributed by atoms with Crippen LogP contribution >= 0.6 is 12.2 Å². The standard InChI is InChI=1S/C16H21N3S/c1-11(2)8-9-19(3)16-13(15(17)20)10-12-6-4-5-7-14(12)18-16/h4-7,10-11H,8-9H2,1-3H3,(H2,17,20). The summed E-state index contributed by atoms with van der Waals surface area (Å²) in [7, 11) is 2.04. The van der Waals surface area contributed by atoms with Crippen LogP contribution in [0, 0.1) is 5.92 Å². The van der Waals surface area contributed by atoms with Gasteiger partial charge in [-0.3, -0.25) is 0 Å². The minimum Gasteiger partial charge on any atom is -0.389 e. The minimum absolute atomic E-state index is 0.398. The molecular weight excluding hydrogens is 266 g/mol. The molecule has 0 aliphatic carbocycles. The number of anilines is 1. The van der Waals surface area contributed by atoms with Crippen molar-refractivity contribution < 1.29 is 0 Å². The lowest BCUT2D eigenvalue weighted by Crippen LogP contribution is -2.25. The van der Waals surface area contributed by atoms with Crippen LogP contribution in [0.3, 0.4) is 0 Å². The van der Waals surface area contributed by atoms with Crippen LogP contribution in [0.15, 0.2) is 30.3 Å². The molecule has 0 spiro atoms. The van der Waals surface area contributed by atoms with Crippen molar-refractivity contribution in [3.8, 4) is 0 Å². The number of nitrogens with zero attached hydrogens (tertiary/aromatic N) is 2. The molecule has 0 aliphatic heterocycles. The van der Waals surface area contributed by atoms with Gasteiger partial charge >= 0.3 is 0 Å². The molecule has 2 rings (SSSR count). The predicted octanol–water partition coefficient (Wildman–Crippen LogP) is 3.35. The molecule has 0 aliphatic rings. The van der Waals surface area contributed by atoms with E-state index in [1.54, 1.807) is 0 Å². The van der Waals surface area contributed by atoms with Crippen LogP contribution in [0.25, 0.3) is 10.9 Å². The first-order chi connectivity index (χ1) is 9.49. The second-order valence-corrected chi connectivity index (χ2v) is 5.96. The Kier molecular flexibility index (Phi) is 4.55. The number of benzene rings is 1. The van der Waals surface area contributed by atoms with Crippen molar-refractivity contribution in [1.29, 1.82) is 0 Å². The molecule has 1 aromatic carbocycles. The van der Waals surface area contributed by atoms with Gasteiger partial charge in [0.05, 0.1) is 11.1 Å². The Bertz CT molecular complexity index is 622. The Morgan fingerprint density at radius 2 is 2.05 bits per heavy atom. The minimum atomic E-state index is 0.398. The fraction of sp³-hybridized carbons (Fsp3) is 0.375. The molecule has 0 fully saturated rings. The molecule has 106 valence electrons. The average Bonchev–Trinajstić information content (AvgIpc) is 2.43. The largest absolute Gasteiger partial charge is 0.389 e. The Balaban J connectivity index is 2.43. The van der Waals surface area contributed by atoms with Crippen molar-refractivity contribution >= 4 is 33.9 Å². The monoisotopic (exact) mass is 287 g/mol. The van der Waals surface area contributed by atoms with Crippen molar-refractivity contribution in [1.82, 2.24) is 4.98 Å². The van der Waals surface area contributed by atoms with Crippen LogP contribution in [0.2, 0.25) is 0 Å². The number of hydrogen-bond donors (Lipinski definition) is 1. The first-order valence-corrected chi connectivity index (χ1v) is 7.30. The molecule has 4 heteroatoms. The van der Waals surface area contributed by atoms with Gasteiger partial charge in [-0.1, -0.05) is 44.3 Å². The number of para-hydroxylation sites is 1. The van der Waals surface area contributed by atoms with Crippen LogP contribution in [-0.2, 0) is 0 Å². The molecule has 2 N–H and O–H groups in total. The van der Waals surface area contributed by atoms with Crippen molar-refractivity contribution in [2.45, 2.75) is 20.3 Å². The molecule has 0 unspecified atom stereocenters.